The molecule has 0 spiro atoms. The monoisotopic (exact) mass is 826 g/mol. The molecular weight excluding hydrogens is 755 g/mol. The van der Waals surface area contributed by atoms with E-state index in [1.54, 1.807) is 12.2 Å². The smallest absolute Gasteiger partial charge is 0.462 e. The van der Waals surface area contributed by atoms with E-state index in [1.165, 1.54) is 25.7 Å². The van der Waals surface area contributed by atoms with Crippen LogP contribution in [0.5, 0.6) is 0 Å². The van der Waals surface area contributed by atoms with Crippen LogP contribution in [0.3, 0.4) is 0 Å². The summed E-state index contributed by atoms with van der Waals surface area (Å²) in [5.41, 5.74) is 0. The minimum Gasteiger partial charge on any atom is -0.462 e. The quantitative estimate of drug-likeness (QED) is 0.0172. The Hall–Kier alpha value is -2.71. The highest BCUT2D eigenvalue weighted by Gasteiger charge is 2.51. The van der Waals surface area contributed by atoms with E-state index in [1.807, 2.05) is 12.2 Å². The van der Waals surface area contributed by atoms with Crippen LogP contribution in [-0.2, 0) is 32.7 Å². The van der Waals surface area contributed by atoms with Crippen molar-refractivity contribution in [3.05, 3.63) is 72.9 Å². The molecule has 326 valence electrons. The fourth-order valence-electron chi connectivity index (χ4n) is 5.71. The number of aliphatic hydroxyl groups excluding tert-OH is 5. The van der Waals surface area contributed by atoms with E-state index in [0.29, 0.717) is 12.8 Å². The molecule has 6 atom stereocenters. The van der Waals surface area contributed by atoms with Crippen molar-refractivity contribution >= 4 is 19.8 Å². The van der Waals surface area contributed by atoms with Gasteiger partial charge in [0.05, 0.1) is 13.0 Å². The fourth-order valence-corrected chi connectivity index (χ4v) is 6.68. The van der Waals surface area contributed by atoms with Gasteiger partial charge in [-0.3, -0.25) is 18.6 Å². The van der Waals surface area contributed by atoms with Crippen molar-refractivity contribution in [3.63, 3.8) is 0 Å². The number of allylic oxidation sites excluding steroid dienone is 11. The summed E-state index contributed by atoms with van der Waals surface area (Å²) < 4.78 is 33.3. The lowest BCUT2D eigenvalue weighted by Crippen LogP contribution is -2.64. The number of hydrogen-bond acceptors (Lipinski definition) is 12. The molecule has 0 aromatic rings. The Kier molecular flexibility index (Phi) is 30.4. The van der Waals surface area contributed by atoms with Gasteiger partial charge in [0.1, 0.15) is 43.2 Å². The second-order valence-corrected chi connectivity index (χ2v) is 15.5. The third-order valence-corrected chi connectivity index (χ3v) is 10.0. The third kappa shape index (κ3) is 26.1. The zero-order chi connectivity index (χ0) is 42.2. The van der Waals surface area contributed by atoms with Crippen LogP contribution < -0.4 is 0 Å². The molecule has 1 saturated carbocycles. The largest absolute Gasteiger partial charge is 0.472 e. The lowest BCUT2D eigenvalue weighted by molar-refractivity contribution is -0.220. The molecule has 1 rings (SSSR count). The molecule has 1 aliphatic carbocycles. The molecule has 0 aliphatic heterocycles. The van der Waals surface area contributed by atoms with E-state index < -0.39 is 75.7 Å². The minimum absolute atomic E-state index is 0.134. The van der Waals surface area contributed by atoms with Crippen LogP contribution in [0.25, 0.3) is 0 Å². The number of carbonyl (C=O) groups is 2. The first-order chi connectivity index (χ1) is 27.4. The maximum absolute atomic E-state index is 12.8. The van der Waals surface area contributed by atoms with Gasteiger partial charge in [0.15, 0.2) is 6.10 Å². The number of hydrogen-bond donors (Lipinski definition) is 6. The summed E-state index contributed by atoms with van der Waals surface area (Å²) in [5, 5.41) is 50.0. The van der Waals surface area contributed by atoms with Crippen molar-refractivity contribution in [1.82, 2.24) is 0 Å². The number of ether oxygens (including phenoxy) is 2. The van der Waals surface area contributed by atoms with Gasteiger partial charge in [0.25, 0.3) is 0 Å². The van der Waals surface area contributed by atoms with Crippen molar-refractivity contribution in [2.24, 2.45) is 0 Å². The van der Waals surface area contributed by atoms with Crippen molar-refractivity contribution in [2.45, 2.75) is 172 Å². The molecule has 1 aliphatic rings. The summed E-state index contributed by atoms with van der Waals surface area (Å²) in [6.45, 7) is 3.04. The van der Waals surface area contributed by atoms with Crippen LogP contribution >= 0.6 is 7.82 Å². The van der Waals surface area contributed by atoms with Crippen molar-refractivity contribution in [1.29, 1.82) is 0 Å². The summed E-state index contributed by atoms with van der Waals surface area (Å²) in [7, 11) is -5.14. The highest BCUT2D eigenvalue weighted by Crippen LogP contribution is 2.47. The van der Waals surface area contributed by atoms with Gasteiger partial charge in [-0.15, -0.1) is 0 Å². The SMILES string of the molecule is CC/C=C\C/C=C\C/C=C\C/C=C\C/C=C\CC(=O)OC(COC(=O)CCCCCCC/C=C\CCCCCC)COP(=O)(O)OC1C(O)C(O)C(O)C(O)C1O. The van der Waals surface area contributed by atoms with Crippen LogP contribution in [0.4, 0.5) is 0 Å². The summed E-state index contributed by atoms with van der Waals surface area (Å²) in [6, 6.07) is 0. The Morgan fingerprint density at radius 3 is 1.60 bits per heavy atom. The predicted molar refractivity (Wildman–Crippen MR) is 221 cm³/mol. The van der Waals surface area contributed by atoms with Gasteiger partial charge >= 0.3 is 19.8 Å². The summed E-state index contributed by atoms with van der Waals surface area (Å²) in [6.07, 6.45) is 27.1. The second kappa shape index (κ2) is 33.2. The Labute approximate surface area is 340 Å². The molecule has 0 bridgehead atoms. The highest BCUT2D eigenvalue weighted by atomic mass is 31.2. The van der Waals surface area contributed by atoms with E-state index in [-0.39, 0.29) is 12.8 Å². The normalized spacial score (nSPS) is 23.4. The first-order valence-electron chi connectivity index (χ1n) is 20.7. The number of unbranched alkanes of at least 4 members (excludes halogenated alkanes) is 9. The van der Waals surface area contributed by atoms with Gasteiger partial charge in [-0.1, -0.05) is 125 Å². The molecule has 6 unspecified atom stereocenters. The van der Waals surface area contributed by atoms with Crippen LogP contribution in [0.2, 0.25) is 0 Å². The topological polar surface area (TPSA) is 210 Å². The lowest BCUT2D eigenvalue weighted by atomic mass is 9.85. The van der Waals surface area contributed by atoms with Gasteiger partial charge in [-0.05, 0) is 64.2 Å². The van der Waals surface area contributed by atoms with E-state index in [2.05, 4.69) is 62.5 Å². The second-order valence-electron chi connectivity index (χ2n) is 14.1. The van der Waals surface area contributed by atoms with Crippen LogP contribution in [0, 0.1) is 0 Å². The number of esters is 2. The molecule has 0 aromatic carbocycles. The Morgan fingerprint density at radius 1 is 0.579 bits per heavy atom. The van der Waals surface area contributed by atoms with Crippen LogP contribution in [-0.4, -0.2) is 98.3 Å². The first-order valence-corrected chi connectivity index (χ1v) is 22.2. The number of phosphoric ester groups is 1. The lowest BCUT2D eigenvalue weighted by Gasteiger charge is -2.41. The van der Waals surface area contributed by atoms with Crippen molar-refractivity contribution in [2.75, 3.05) is 13.2 Å². The predicted octanol–water partition coefficient (Wildman–Crippen LogP) is 7.16. The average molecular weight is 827 g/mol. The van der Waals surface area contributed by atoms with Gasteiger partial charge in [0, 0.05) is 6.42 Å². The van der Waals surface area contributed by atoms with E-state index in [0.717, 1.165) is 64.2 Å². The minimum atomic E-state index is -5.14. The van der Waals surface area contributed by atoms with Gasteiger partial charge in [0.2, 0.25) is 0 Å². The summed E-state index contributed by atoms with van der Waals surface area (Å²) >= 11 is 0. The van der Waals surface area contributed by atoms with Crippen molar-refractivity contribution in [3.8, 4) is 0 Å². The van der Waals surface area contributed by atoms with Crippen molar-refractivity contribution < 1.29 is 63.1 Å². The summed E-state index contributed by atoms with van der Waals surface area (Å²) in [5.74, 6) is -1.27. The van der Waals surface area contributed by atoms with Crippen LogP contribution in [0.15, 0.2) is 72.9 Å². The zero-order valence-electron chi connectivity index (χ0n) is 34.1. The van der Waals surface area contributed by atoms with E-state index in [4.69, 9.17) is 18.5 Å². The number of carbonyl (C=O) groups excluding carboxylic acids is 2. The molecule has 6 N–H and O–H groups in total. The fraction of sp³-hybridized carbons (Fsp3) is 0.674. The Balaban J connectivity index is 2.60. The average Bonchev–Trinajstić information content (AvgIpc) is 3.19. The Morgan fingerprint density at radius 2 is 1.05 bits per heavy atom. The molecule has 1 fully saturated rings. The first kappa shape index (κ1) is 52.3. The molecule has 57 heavy (non-hydrogen) atoms. The van der Waals surface area contributed by atoms with E-state index in [9.17, 15) is 44.6 Å². The molecular formula is C43H71O13P. The molecule has 0 amide bonds. The van der Waals surface area contributed by atoms with Gasteiger partial charge in [-0.2, -0.15) is 0 Å². The standard InChI is InChI=1S/C43H71O13P/c1-3-5-7-9-11-13-15-17-18-20-22-24-26-28-30-32-37(45)55-35(34-54-57(51,52)56-43-41(49)39(47)38(46)40(48)42(43)50)33-53-36(44)31-29-27-25-23-21-19-16-14-12-10-8-6-4-2/h5,7,11,13-14,16-18,22,24,28,30,35,38-43,46-50H,3-4,6,8-10,12,15,19-21,23,25-27,29,31-34H2,1-2H3,(H,51,52)/b7-5-,13-11-,16-14-,18-17-,24-22-,30-28-. The molecule has 0 saturated heterocycles. The maximum atomic E-state index is 12.8. The zero-order valence-corrected chi connectivity index (χ0v) is 35.0. The molecule has 0 radical (unpaired) electrons. The van der Waals surface area contributed by atoms with E-state index >= 15 is 0 Å². The number of phosphoric acid groups is 1. The number of aliphatic hydroxyl groups is 5. The van der Waals surface area contributed by atoms with Crippen LogP contribution in [0.1, 0.15) is 129 Å². The number of rotatable bonds is 32. The summed E-state index contributed by atoms with van der Waals surface area (Å²) in [4.78, 5) is 35.5. The molecule has 0 aromatic heterocycles. The molecule has 14 heteroatoms. The van der Waals surface area contributed by atoms with Gasteiger partial charge < -0.3 is 39.9 Å². The highest BCUT2D eigenvalue weighted by molar-refractivity contribution is 7.47. The molecule has 13 nitrogen and oxygen atoms in total. The van der Waals surface area contributed by atoms with Gasteiger partial charge in [-0.25, -0.2) is 4.57 Å². The molecule has 0 heterocycles. The third-order valence-electron chi connectivity index (χ3n) is 9.06. The maximum Gasteiger partial charge on any atom is 0.472 e. The Bertz CT molecular complexity index is 1280.